The zero-order valence-corrected chi connectivity index (χ0v) is 22.4. The molecule has 2 amide bonds. The molecule has 0 spiro atoms. The van der Waals surface area contributed by atoms with Gasteiger partial charge in [0.2, 0.25) is 11.5 Å². The van der Waals surface area contributed by atoms with E-state index in [0.29, 0.717) is 34.6 Å². The van der Waals surface area contributed by atoms with Crippen molar-refractivity contribution in [2.45, 2.75) is 25.3 Å². The van der Waals surface area contributed by atoms with Crippen LogP contribution in [0.15, 0.2) is 33.3 Å². The number of hydrogen-bond acceptors (Lipinski definition) is 14. The molecular formula is C20H25N9O5S3. The zero-order chi connectivity index (χ0) is 26.7. The minimum absolute atomic E-state index is 0.0268. The molecule has 0 bridgehead atoms. The first-order chi connectivity index (χ1) is 17.7. The summed E-state index contributed by atoms with van der Waals surface area (Å²) in [6.45, 7) is 5.23. The summed E-state index contributed by atoms with van der Waals surface area (Å²) in [5, 5.41) is 16.6. The third-order valence-electron chi connectivity index (χ3n) is 5.46. The summed E-state index contributed by atoms with van der Waals surface area (Å²) in [6, 6.07) is -0.952. The maximum Gasteiger partial charge on any atom is 0.352 e. The van der Waals surface area contributed by atoms with Gasteiger partial charge in [-0.2, -0.15) is 9.36 Å². The van der Waals surface area contributed by atoms with Gasteiger partial charge in [-0.05, 0) is 25.5 Å². The number of likely N-dealkylation sites (N-methyl/N-ethyl adjacent to an activating group) is 1. The van der Waals surface area contributed by atoms with Crippen LogP contribution in [-0.4, -0.2) is 95.5 Å². The van der Waals surface area contributed by atoms with Gasteiger partial charge in [0.05, 0.1) is 0 Å². The fourth-order valence-corrected chi connectivity index (χ4v) is 6.70. The van der Waals surface area contributed by atoms with Crippen molar-refractivity contribution in [3.05, 3.63) is 29.0 Å². The van der Waals surface area contributed by atoms with E-state index in [2.05, 4.69) is 24.8 Å². The van der Waals surface area contributed by atoms with E-state index in [1.54, 1.807) is 6.92 Å². The van der Waals surface area contributed by atoms with E-state index in [1.165, 1.54) is 28.4 Å². The van der Waals surface area contributed by atoms with Crippen molar-refractivity contribution in [2.24, 2.45) is 15.9 Å². The lowest BCUT2D eigenvalue weighted by Crippen LogP contribution is -2.71. The molecule has 0 aliphatic carbocycles. The van der Waals surface area contributed by atoms with Crippen molar-refractivity contribution in [2.75, 3.05) is 36.9 Å². The maximum atomic E-state index is 13.0. The van der Waals surface area contributed by atoms with Gasteiger partial charge in [-0.1, -0.05) is 16.9 Å². The first-order valence-corrected chi connectivity index (χ1v) is 14.0. The molecule has 1 fully saturated rings. The summed E-state index contributed by atoms with van der Waals surface area (Å²) in [6.07, 6.45) is 1.81. The van der Waals surface area contributed by atoms with Crippen LogP contribution in [0.25, 0.3) is 0 Å². The van der Waals surface area contributed by atoms with Crippen molar-refractivity contribution in [1.82, 2.24) is 24.5 Å². The molecule has 1 aromatic rings. The number of amidine groups is 1. The number of aliphatic imine (C=N–C) groups is 1. The number of amides is 2. The average Bonchev–Trinajstić information content (AvgIpc) is 3.31. The molecule has 1 aromatic heterocycles. The van der Waals surface area contributed by atoms with E-state index in [9.17, 15) is 19.5 Å². The normalized spacial score (nSPS) is 21.7. The highest BCUT2D eigenvalue weighted by atomic mass is 32.2. The molecule has 6 N–H and O–H groups in total. The topological polar surface area (TPSA) is 202 Å². The molecule has 1 saturated heterocycles. The van der Waals surface area contributed by atoms with Gasteiger partial charge in [0.15, 0.2) is 10.3 Å². The number of nitrogens with zero attached hydrogens (tertiary/aromatic N) is 6. The number of carbonyl (C=O) groups is 3. The lowest BCUT2D eigenvalue weighted by molar-refractivity contribution is -0.150. The highest BCUT2D eigenvalue weighted by Gasteiger charge is 2.54. The Morgan fingerprint density at radius 3 is 2.81 bits per heavy atom. The van der Waals surface area contributed by atoms with E-state index in [0.717, 1.165) is 18.1 Å². The zero-order valence-electron chi connectivity index (χ0n) is 19.9. The van der Waals surface area contributed by atoms with Crippen LogP contribution in [0.5, 0.6) is 0 Å². The Morgan fingerprint density at radius 1 is 1.38 bits per heavy atom. The lowest BCUT2D eigenvalue weighted by Gasteiger charge is -2.49. The smallest absolute Gasteiger partial charge is 0.352 e. The largest absolute Gasteiger partial charge is 0.477 e. The summed E-state index contributed by atoms with van der Waals surface area (Å²) in [7, 11) is 0. The Balaban J connectivity index is 1.49. The number of aromatic nitrogens is 2. The maximum absolute atomic E-state index is 13.0. The molecule has 4 heterocycles. The highest BCUT2D eigenvalue weighted by molar-refractivity contribution is 8.14. The van der Waals surface area contributed by atoms with Crippen molar-refractivity contribution in [3.8, 4) is 0 Å². The van der Waals surface area contributed by atoms with Gasteiger partial charge >= 0.3 is 5.97 Å². The number of nitrogens with two attached hydrogens (primary N) is 2. The number of anilines is 1. The van der Waals surface area contributed by atoms with Gasteiger partial charge in [-0.3, -0.25) is 14.5 Å². The SMILES string of the molecule is CCO/N=C(\C(=O)NC1C(=O)N2C(C(=O)O)=C(CSC3=NC(N)=CCN3CC)CS[C@@H]12)c1nsc(N)n1. The Kier molecular flexibility index (Phi) is 8.23. The summed E-state index contributed by atoms with van der Waals surface area (Å²) in [5.74, 6) is -1.40. The number of nitrogen functional groups attached to an aromatic ring is 1. The number of carboxylic acid groups (broad SMARTS) is 1. The Hall–Kier alpha value is -3.31. The van der Waals surface area contributed by atoms with Gasteiger partial charge in [0.25, 0.3) is 11.8 Å². The number of carbonyl (C=O) groups excluding carboxylic acids is 2. The molecule has 0 aromatic carbocycles. The molecule has 17 heteroatoms. The molecule has 0 saturated carbocycles. The van der Waals surface area contributed by atoms with Crippen molar-refractivity contribution < 1.29 is 24.3 Å². The van der Waals surface area contributed by atoms with Crippen LogP contribution in [0.3, 0.4) is 0 Å². The summed E-state index contributed by atoms with van der Waals surface area (Å²) >= 11 is 3.63. The highest BCUT2D eigenvalue weighted by Crippen LogP contribution is 2.41. The van der Waals surface area contributed by atoms with Crippen LogP contribution >= 0.6 is 35.1 Å². The summed E-state index contributed by atoms with van der Waals surface area (Å²) < 4.78 is 3.98. The van der Waals surface area contributed by atoms with Crippen molar-refractivity contribution >= 4 is 68.9 Å². The number of aliphatic carboxylic acids is 1. The van der Waals surface area contributed by atoms with Crippen LogP contribution < -0.4 is 16.8 Å². The monoisotopic (exact) mass is 567 g/mol. The fraction of sp³-hybridized carbons (Fsp3) is 0.450. The number of nitrogens with one attached hydrogen (secondary N) is 1. The second-order valence-electron chi connectivity index (χ2n) is 7.78. The van der Waals surface area contributed by atoms with Crippen LogP contribution in [0.1, 0.15) is 19.7 Å². The van der Waals surface area contributed by atoms with Gasteiger partial charge in [0.1, 0.15) is 29.5 Å². The van der Waals surface area contributed by atoms with E-state index in [-0.39, 0.29) is 29.0 Å². The van der Waals surface area contributed by atoms with Gasteiger partial charge in [-0.25, -0.2) is 9.79 Å². The van der Waals surface area contributed by atoms with Gasteiger partial charge in [-0.15, -0.1) is 11.8 Å². The predicted molar refractivity (Wildman–Crippen MR) is 142 cm³/mol. The molecule has 1 unspecified atom stereocenters. The minimum atomic E-state index is -1.21. The number of oxime groups is 1. The number of rotatable bonds is 9. The van der Waals surface area contributed by atoms with Crippen LogP contribution in [-0.2, 0) is 19.2 Å². The second kappa shape index (κ2) is 11.4. The molecule has 14 nitrogen and oxygen atoms in total. The van der Waals surface area contributed by atoms with E-state index >= 15 is 0 Å². The minimum Gasteiger partial charge on any atom is -0.477 e. The standard InChI is InChI=1S/C20H25N9O5S3/c1-3-28-6-5-10(21)23-20(28)36-8-9-7-35-17-12(16(31)29(17)13(9)18(32)33)24-15(30)11(26-34-4-2)14-25-19(22)37-27-14/h5,12,17H,3-4,6-8,21H2,1-2H3,(H,24,30)(H,32,33)(H2,22,25,27)/b26-11-/t12?,17-/m0/s1. The van der Waals surface area contributed by atoms with Crippen LogP contribution in [0.4, 0.5) is 5.13 Å². The van der Waals surface area contributed by atoms with Crippen LogP contribution in [0.2, 0.25) is 0 Å². The number of hydrogen-bond donors (Lipinski definition) is 4. The third-order valence-corrected chi connectivity index (χ3v) is 8.45. The molecule has 3 aliphatic heterocycles. The van der Waals surface area contributed by atoms with Gasteiger partial charge < -0.3 is 31.6 Å². The number of fused-ring (bicyclic) bond motifs is 1. The van der Waals surface area contributed by atoms with Crippen LogP contribution in [0, 0.1) is 0 Å². The third kappa shape index (κ3) is 5.52. The number of thioether (sulfide) groups is 2. The molecule has 37 heavy (non-hydrogen) atoms. The van der Waals surface area contributed by atoms with Gasteiger partial charge in [0, 0.05) is 36.1 Å². The lowest BCUT2D eigenvalue weighted by atomic mass is 10.0. The number of carboxylic acids is 1. The van der Waals surface area contributed by atoms with Crippen molar-refractivity contribution in [1.29, 1.82) is 0 Å². The predicted octanol–water partition coefficient (Wildman–Crippen LogP) is -0.176. The Morgan fingerprint density at radius 2 is 2.16 bits per heavy atom. The number of β-lactam (4-membered cyclic amide) rings is 1. The van der Waals surface area contributed by atoms with Crippen molar-refractivity contribution in [3.63, 3.8) is 0 Å². The molecule has 0 radical (unpaired) electrons. The summed E-state index contributed by atoms with van der Waals surface area (Å²) in [4.78, 5) is 54.7. The van der Waals surface area contributed by atoms with E-state index in [1.807, 2.05) is 17.9 Å². The quantitative estimate of drug-likeness (QED) is 0.174. The molecule has 2 atom stereocenters. The van der Waals surface area contributed by atoms with E-state index < -0.39 is 29.2 Å². The first-order valence-electron chi connectivity index (χ1n) is 11.2. The summed E-state index contributed by atoms with van der Waals surface area (Å²) in [5.41, 5.74) is 11.7. The molecule has 4 rings (SSSR count). The second-order valence-corrected chi connectivity index (χ2v) is 10.6. The molecular weight excluding hydrogens is 542 g/mol. The van der Waals surface area contributed by atoms with E-state index in [4.69, 9.17) is 16.3 Å². The fourth-order valence-electron chi connectivity index (χ4n) is 3.70. The average molecular weight is 568 g/mol. The Bertz CT molecular complexity index is 1230. The first kappa shape index (κ1) is 26.7. The molecule has 198 valence electrons. The molecule has 3 aliphatic rings. The Labute approximate surface area is 224 Å².